The normalized spacial score (nSPS) is 14.7. The minimum Gasteiger partial charge on any atom is -0.494 e. The molecule has 4 rings (SSSR count). The minimum absolute atomic E-state index is 0.206. The lowest BCUT2D eigenvalue weighted by Crippen LogP contribution is -2.36. The van der Waals surface area contributed by atoms with Gasteiger partial charge in [-0.3, -0.25) is 9.69 Å². The predicted molar refractivity (Wildman–Crippen MR) is 116 cm³/mol. The first-order valence-corrected chi connectivity index (χ1v) is 10.5. The van der Waals surface area contributed by atoms with Gasteiger partial charge in [0, 0.05) is 37.1 Å². The molecule has 1 aliphatic heterocycles. The zero-order valence-corrected chi connectivity index (χ0v) is 17.6. The number of ether oxygens (including phenoxy) is 2. The SMILES string of the molecule is CCOc1ccc2oc(C(=O)NCc3ccccc3CN3CCOCC3)c(C)c2c1. The van der Waals surface area contributed by atoms with Crippen LogP contribution in [0.3, 0.4) is 0 Å². The molecule has 0 unspecified atom stereocenters. The summed E-state index contributed by atoms with van der Waals surface area (Å²) in [6, 6.07) is 13.9. The molecule has 0 aliphatic carbocycles. The van der Waals surface area contributed by atoms with E-state index in [9.17, 15) is 4.79 Å². The maximum Gasteiger partial charge on any atom is 0.287 e. The van der Waals surface area contributed by atoms with E-state index in [4.69, 9.17) is 13.9 Å². The Hall–Kier alpha value is -2.83. The molecule has 0 saturated carbocycles. The zero-order valence-electron chi connectivity index (χ0n) is 17.6. The lowest BCUT2D eigenvalue weighted by atomic mass is 10.1. The summed E-state index contributed by atoms with van der Waals surface area (Å²) in [4.78, 5) is 15.2. The third-order valence-electron chi connectivity index (χ3n) is 5.48. The number of amides is 1. The van der Waals surface area contributed by atoms with Gasteiger partial charge in [0.1, 0.15) is 11.3 Å². The van der Waals surface area contributed by atoms with Crippen LogP contribution in [0.5, 0.6) is 5.75 Å². The summed E-state index contributed by atoms with van der Waals surface area (Å²) in [7, 11) is 0. The third-order valence-corrected chi connectivity index (χ3v) is 5.48. The van der Waals surface area contributed by atoms with Crippen molar-refractivity contribution in [2.24, 2.45) is 0 Å². The Morgan fingerprint density at radius 1 is 1.13 bits per heavy atom. The monoisotopic (exact) mass is 408 g/mol. The van der Waals surface area contributed by atoms with Crippen LogP contribution in [0, 0.1) is 6.92 Å². The fourth-order valence-electron chi connectivity index (χ4n) is 3.81. The highest BCUT2D eigenvalue weighted by Crippen LogP contribution is 2.29. The molecule has 1 N–H and O–H groups in total. The van der Waals surface area contributed by atoms with Crippen molar-refractivity contribution in [3.63, 3.8) is 0 Å². The average molecular weight is 408 g/mol. The quantitative estimate of drug-likeness (QED) is 0.642. The maximum atomic E-state index is 12.9. The second-order valence-electron chi connectivity index (χ2n) is 7.49. The Kier molecular flexibility index (Phi) is 6.35. The number of carbonyl (C=O) groups excluding carboxylic acids is 1. The molecule has 0 bridgehead atoms. The summed E-state index contributed by atoms with van der Waals surface area (Å²) in [5.74, 6) is 0.921. The van der Waals surface area contributed by atoms with Gasteiger partial charge in [-0.05, 0) is 43.2 Å². The Morgan fingerprint density at radius 2 is 1.90 bits per heavy atom. The Morgan fingerprint density at radius 3 is 2.67 bits per heavy atom. The molecule has 3 aromatic rings. The first kappa shape index (κ1) is 20.4. The maximum absolute atomic E-state index is 12.9. The second kappa shape index (κ2) is 9.32. The fourth-order valence-corrected chi connectivity index (χ4v) is 3.81. The molecule has 0 radical (unpaired) electrons. The molecule has 1 amide bonds. The fraction of sp³-hybridized carbons (Fsp3) is 0.375. The first-order valence-electron chi connectivity index (χ1n) is 10.5. The highest BCUT2D eigenvalue weighted by molar-refractivity contribution is 5.99. The number of furan rings is 1. The number of hydrogen-bond donors (Lipinski definition) is 1. The van der Waals surface area contributed by atoms with E-state index in [1.165, 1.54) is 5.56 Å². The topological polar surface area (TPSA) is 63.9 Å². The molecular formula is C24H28N2O4. The molecule has 1 fully saturated rings. The average Bonchev–Trinajstić information content (AvgIpc) is 3.10. The molecular weight excluding hydrogens is 380 g/mol. The van der Waals surface area contributed by atoms with Crippen LogP contribution in [0.4, 0.5) is 0 Å². The number of carbonyl (C=O) groups is 1. The molecule has 0 spiro atoms. The summed E-state index contributed by atoms with van der Waals surface area (Å²) < 4.78 is 16.8. The Labute approximate surface area is 176 Å². The van der Waals surface area contributed by atoms with Gasteiger partial charge < -0.3 is 19.2 Å². The summed E-state index contributed by atoms with van der Waals surface area (Å²) >= 11 is 0. The van der Waals surface area contributed by atoms with Crippen molar-refractivity contribution in [3.05, 3.63) is 64.9 Å². The zero-order chi connectivity index (χ0) is 20.9. The number of morpholine rings is 1. The lowest BCUT2D eigenvalue weighted by molar-refractivity contribution is 0.0340. The molecule has 0 atom stereocenters. The molecule has 2 aromatic carbocycles. The molecule has 6 nitrogen and oxygen atoms in total. The van der Waals surface area contributed by atoms with E-state index in [2.05, 4.69) is 22.3 Å². The highest BCUT2D eigenvalue weighted by atomic mass is 16.5. The lowest BCUT2D eigenvalue weighted by Gasteiger charge is -2.27. The van der Waals surface area contributed by atoms with Crippen LogP contribution in [-0.2, 0) is 17.8 Å². The van der Waals surface area contributed by atoms with Crippen LogP contribution in [0.1, 0.15) is 34.2 Å². The van der Waals surface area contributed by atoms with E-state index in [1.807, 2.05) is 44.2 Å². The van der Waals surface area contributed by atoms with Crippen LogP contribution in [0.15, 0.2) is 46.9 Å². The van der Waals surface area contributed by atoms with Gasteiger partial charge in [0.25, 0.3) is 5.91 Å². The van der Waals surface area contributed by atoms with Crippen LogP contribution in [-0.4, -0.2) is 43.7 Å². The van der Waals surface area contributed by atoms with E-state index in [0.717, 1.165) is 55.1 Å². The number of nitrogens with zero attached hydrogens (tertiary/aromatic N) is 1. The Balaban J connectivity index is 1.47. The van der Waals surface area contributed by atoms with Crippen molar-refractivity contribution in [3.8, 4) is 5.75 Å². The third kappa shape index (κ3) is 4.50. The van der Waals surface area contributed by atoms with E-state index in [1.54, 1.807) is 0 Å². The molecule has 158 valence electrons. The molecule has 1 aromatic heterocycles. The van der Waals surface area contributed by atoms with E-state index in [-0.39, 0.29) is 5.91 Å². The van der Waals surface area contributed by atoms with Gasteiger partial charge in [0.15, 0.2) is 5.76 Å². The van der Waals surface area contributed by atoms with Crippen molar-refractivity contribution in [1.82, 2.24) is 10.2 Å². The number of fused-ring (bicyclic) bond motifs is 1. The highest BCUT2D eigenvalue weighted by Gasteiger charge is 2.19. The van der Waals surface area contributed by atoms with Crippen LogP contribution in [0.2, 0.25) is 0 Å². The number of nitrogens with one attached hydrogen (secondary N) is 1. The molecule has 2 heterocycles. The van der Waals surface area contributed by atoms with Crippen molar-refractivity contribution in [1.29, 1.82) is 0 Å². The minimum atomic E-state index is -0.206. The van der Waals surface area contributed by atoms with Crippen molar-refractivity contribution < 1.29 is 18.7 Å². The van der Waals surface area contributed by atoms with Crippen LogP contribution < -0.4 is 10.1 Å². The van der Waals surface area contributed by atoms with E-state index < -0.39 is 0 Å². The second-order valence-corrected chi connectivity index (χ2v) is 7.49. The van der Waals surface area contributed by atoms with Gasteiger partial charge in [0.2, 0.25) is 0 Å². The van der Waals surface area contributed by atoms with Crippen molar-refractivity contribution in [2.75, 3.05) is 32.9 Å². The van der Waals surface area contributed by atoms with Crippen LogP contribution >= 0.6 is 0 Å². The molecule has 6 heteroatoms. The van der Waals surface area contributed by atoms with Crippen molar-refractivity contribution in [2.45, 2.75) is 26.9 Å². The largest absolute Gasteiger partial charge is 0.494 e. The Bertz CT molecular complexity index is 1020. The van der Waals surface area contributed by atoms with Crippen molar-refractivity contribution >= 4 is 16.9 Å². The van der Waals surface area contributed by atoms with Gasteiger partial charge in [0.05, 0.1) is 19.8 Å². The molecule has 30 heavy (non-hydrogen) atoms. The number of rotatable bonds is 7. The van der Waals surface area contributed by atoms with Gasteiger partial charge in [-0.2, -0.15) is 0 Å². The molecule has 1 saturated heterocycles. The molecule has 1 aliphatic rings. The number of aryl methyl sites for hydroxylation is 1. The predicted octanol–water partition coefficient (Wildman–Crippen LogP) is 3.90. The number of benzene rings is 2. The van der Waals surface area contributed by atoms with Gasteiger partial charge in [-0.15, -0.1) is 0 Å². The van der Waals surface area contributed by atoms with Gasteiger partial charge in [-0.1, -0.05) is 24.3 Å². The summed E-state index contributed by atoms with van der Waals surface area (Å²) in [5.41, 5.74) is 3.85. The smallest absolute Gasteiger partial charge is 0.287 e. The summed E-state index contributed by atoms with van der Waals surface area (Å²) in [6.45, 7) is 9.18. The van der Waals surface area contributed by atoms with Gasteiger partial charge >= 0.3 is 0 Å². The summed E-state index contributed by atoms with van der Waals surface area (Å²) in [5, 5.41) is 3.93. The van der Waals surface area contributed by atoms with Crippen LogP contribution in [0.25, 0.3) is 11.0 Å². The van der Waals surface area contributed by atoms with E-state index in [0.29, 0.717) is 24.5 Å². The van der Waals surface area contributed by atoms with Gasteiger partial charge in [-0.25, -0.2) is 0 Å². The first-order chi connectivity index (χ1) is 14.7. The summed E-state index contributed by atoms with van der Waals surface area (Å²) in [6.07, 6.45) is 0. The standard InChI is InChI=1S/C24H28N2O4/c1-3-29-20-8-9-22-21(14-20)17(2)23(30-22)24(27)25-15-18-6-4-5-7-19(18)16-26-10-12-28-13-11-26/h4-9,14H,3,10-13,15-16H2,1-2H3,(H,25,27). The number of hydrogen-bond acceptors (Lipinski definition) is 5. The van der Waals surface area contributed by atoms with E-state index >= 15 is 0 Å².